The van der Waals surface area contributed by atoms with E-state index in [0.29, 0.717) is 5.69 Å². The van der Waals surface area contributed by atoms with Crippen LogP contribution in [0.3, 0.4) is 0 Å². The van der Waals surface area contributed by atoms with Crippen LogP contribution in [0.5, 0.6) is 0 Å². The number of carbonyl (C=O) groups is 3. The van der Waals surface area contributed by atoms with Gasteiger partial charge < -0.3 is 21.0 Å². The summed E-state index contributed by atoms with van der Waals surface area (Å²) < 4.78 is 36.9. The first-order valence-electron chi connectivity index (χ1n) is 11.8. The molecule has 4 rings (SSSR count). The summed E-state index contributed by atoms with van der Waals surface area (Å²) >= 11 is 0.964. The molecule has 218 valence electrons. The minimum atomic E-state index is -5.00. The molecule has 2 atom stereocenters. The zero-order chi connectivity index (χ0) is 30.3. The first kappa shape index (κ1) is 29.5. The summed E-state index contributed by atoms with van der Waals surface area (Å²) in [5.74, 6) is -3.54. The van der Waals surface area contributed by atoms with Crippen molar-refractivity contribution >= 4 is 50.3 Å². The highest BCUT2D eigenvalue weighted by molar-refractivity contribution is 7.84. The van der Waals surface area contributed by atoms with Gasteiger partial charge in [0.25, 0.3) is 11.8 Å². The minimum Gasteiger partial charge on any atom is -0.478 e. The summed E-state index contributed by atoms with van der Waals surface area (Å²) in [7, 11) is -3.14. The third kappa shape index (κ3) is 6.15. The zero-order valence-corrected chi connectivity index (χ0v) is 23.7. The molecule has 2 amide bonds. The number of oxime groups is 1. The Labute approximate surface area is 237 Å². The Bertz CT molecular complexity index is 1660. The third-order valence-corrected chi connectivity index (χ3v) is 7.67. The van der Waals surface area contributed by atoms with Gasteiger partial charge in [0.15, 0.2) is 23.2 Å². The van der Waals surface area contributed by atoms with Crippen LogP contribution in [0.25, 0.3) is 11.3 Å². The second kappa shape index (κ2) is 10.8. The summed E-state index contributed by atoms with van der Waals surface area (Å²) in [4.78, 5) is 46.4. The van der Waals surface area contributed by atoms with E-state index in [9.17, 15) is 32.5 Å². The topological polar surface area (TPSA) is 236 Å². The molecular weight excluding hydrogens is 582 g/mol. The number of pyridine rings is 1. The summed E-state index contributed by atoms with van der Waals surface area (Å²) in [5.41, 5.74) is 5.37. The number of hydrogen-bond acceptors (Lipinski definition) is 12. The number of aryl methyl sites for hydroxylation is 2. The number of nitrogen functional groups attached to an aromatic ring is 1. The van der Waals surface area contributed by atoms with Crippen molar-refractivity contribution in [2.75, 3.05) is 5.73 Å². The van der Waals surface area contributed by atoms with Crippen molar-refractivity contribution in [1.29, 1.82) is 0 Å². The quantitative estimate of drug-likeness (QED) is 0.0705. The molecular formula is C22H26N9O8S2+. The van der Waals surface area contributed by atoms with Gasteiger partial charge in [-0.2, -0.15) is 8.42 Å². The van der Waals surface area contributed by atoms with Crippen molar-refractivity contribution in [1.82, 2.24) is 29.6 Å². The summed E-state index contributed by atoms with van der Waals surface area (Å²) in [6.45, 7) is 3.99. The summed E-state index contributed by atoms with van der Waals surface area (Å²) in [6, 6.07) is -0.934. The molecule has 0 aromatic carbocycles. The number of anilines is 1. The highest BCUT2D eigenvalue weighted by Crippen LogP contribution is 2.26. The third-order valence-electron chi connectivity index (χ3n) is 6.05. The molecule has 0 spiro atoms. The number of carboxylic acids is 1. The molecule has 5 N–H and O–H groups in total. The molecule has 17 nitrogen and oxygen atoms in total. The van der Waals surface area contributed by atoms with Gasteiger partial charge in [-0.3, -0.25) is 14.1 Å². The molecule has 0 unspecified atom stereocenters. The van der Waals surface area contributed by atoms with E-state index in [1.807, 2.05) is 37.0 Å². The molecule has 1 aliphatic heterocycles. The van der Waals surface area contributed by atoms with Crippen molar-refractivity contribution in [2.24, 2.45) is 12.2 Å². The Balaban J connectivity index is 1.61. The molecule has 0 aliphatic carbocycles. The molecule has 1 fully saturated rings. The van der Waals surface area contributed by atoms with Crippen LogP contribution in [0.15, 0.2) is 35.2 Å². The van der Waals surface area contributed by atoms with E-state index in [4.69, 9.17) is 10.6 Å². The largest absolute Gasteiger partial charge is 0.478 e. The van der Waals surface area contributed by atoms with Crippen LogP contribution in [0.2, 0.25) is 0 Å². The summed E-state index contributed by atoms with van der Waals surface area (Å²) in [5, 5.41) is 24.9. The van der Waals surface area contributed by atoms with Crippen LogP contribution < -0.4 is 15.6 Å². The maximum absolute atomic E-state index is 13.2. The second-order valence-electron chi connectivity index (χ2n) is 9.58. The van der Waals surface area contributed by atoms with Crippen LogP contribution >= 0.6 is 11.3 Å². The van der Waals surface area contributed by atoms with Crippen LogP contribution in [0, 0.1) is 6.92 Å². The Morgan fingerprint density at radius 1 is 1.37 bits per heavy atom. The van der Waals surface area contributed by atoms with Crippen molar-refractivity contribution in [3.8, 4) is 11.3 Å². The molecule has 19 heteroatoms. The van der Waals surface area contributed by atoms with Gasteiger partial charge in [0.2, 0.25) is 5.60 Å². The fourth-order valence-corrected chi connectivity index (χ4v) is 5.30. The average Bonchev–Trinajstić information content (AvgIpc) is 3.50. The first-order valence-corrected chi connectivity index (χ1v) is 14.0. The number of nitrogens with one attached hydrogen (secondary N) is 1. The number of amides is 2. The molecule has 0 saturated carbocycles. The number of rotatable bonds is 10. The van der Waals surface area contributed by atoms with Crippen molar-refractivity contribution in [2.45, 2.75) is 45.0 Å². The van der Waals surface area contributed by atoms with Gasteiger partial charge in [-0.25, -0.2) is 23.3 Å². The number of nitrogens with two attached hydrogens (primary N) is 1. The molecule has 0 bridgehead atoms. The smallest absolute Gasteiger partial charge is 0.362 e. The van der Waals surface area contributed by atoms with Gasteiger partial charge in [0, 0.05) is 22.6 Å². The maximum atomic E-state index is 13.2. The average molecular weight is 609 g/mol. The van der Waals surface area contributed by atoms with Gasteiger partial charge in [-0.1, -0.05) is 10.4 Å². The summed E-state index contributed by atoms with van der Waals surface area (Å²) in [6.07, 6.45) is 5.22. The highest BCUT2D eigenvalue weighted by Gasteiger charge is 2.54. The number of carboxylic acid groups (broad SMARTS) is 1. The number of thiazole rings is 1. The fourth-order valence-electron chi connectivity index (χ4n) is 3.88. The van der Waals surface area contributed by atoms with Gasteiger partial charge in [-0.05, 0) is 20.8 Å². The number of nitrogens with zero attached hydrogens (tertiary/aromatic N) is 7. The molecule has 0 radical (unpaired) electrons. The van der Waals surface area contributed by atoms with E-state index in [1.54, 1.807) is 0 Å². The Morgan fingerprint density at radius 3 is 2.66 bits per heavy atom. The van der Waals surface area contributed by atoms with E-state index >= 15 is 0 Å². The second-order valence-corrected chi connectivity index (χ2v) is 11.8. The predicted molar refractivity (Wildman–Crippen MR) is 141 cm³/mol. The Kier molecular flexibility index (Phi) is 7.78. The van der Waals surface area contributed by atoms with Gasteiger partial charge in [-0.15, -0.1) is 16.4 Å². The van der Waals surface area contributed by atoms with E-state index < -0.39 is 51.5 Å². The van der Waals surface area contributed by atoms with E-state index in [0.717, 1.165) is 22.5 Å². The van der Waals surface area contributed by atoms with Crippen molar-refractivity contribution in [3.05, 3.63) is 41.3 Å². The van der Waals surface area contributed by atoms with Gasteiger partial charge in [0.05, 0.1) is 18.8 Å². The van der Waals surface area contributed by atoms with Crippen LogP contribution in [-0.4, -0.2) is 83.5 Å². The minimum absolute atomic E-state index is 0.0672. The highest BCUT2D eigenvalue weighted by atomic mass is 32.2. The molecule has 41 heavy (non-hydrogen) atoms. The lowest BCUT2D eigenvalue weighted by Gasteiger charge is -2.43. The zero-order valence-electron chi connectivity index (χ0n) is 22.1. The monoisotopic (exact) mass is 608 g/mol. The lowest BCUT2D eigenvalue weighted by molar-refractivity contribution is -0.671. The van der Waals surface area contributed by atoms with E-state index in [2.05, 4.69) is 25.8 Å². The molecule has 3 aromatic rings. The Hall–Kier alpha value is -4.49. The first-order chi connectivity index (χ1) is 19.1. The number of aliphatic carboxylic acids is 1. The van der Waals surface area contributed by atoms with Crippen molar-refractivity contribution < 1.29 is 41.9 Å². The lowest BCUT2D eigenvalue weighted by Crippen LogP contribution is -2.73. The molecule has 1 saturated heterocycles. The molecule has 4 heterocycles. The maximum Gasteiger partial charge on any atom is 0.362 e. The molecule has 1 aliphatic rings. The van der Waals surface area contributed by atoms with E-state index in [1.165, 1.54) is 30.1 Å². The normalized spacial score (nSPS) is 17.7. The number of β-lactam (4-membered cyclic amide) rings is 1. The number of hydrogen-bond donors (Lipinski definition) is 4. The van der Waals surface area contributed by atoms with Crippen LogP contribution in [-0.2, 0) is 43.1 Å². The fraction of sp³-hybridized carbons (Fsp3) is 0.364. The van der Waals surface area contributed by atoms with Gasteiger partial charge >= 0.3 is 16.3 Å². The van der Waals surface area contributed by atoms with Crippen molar-refractivity contribution in [3.63, 3.8) is 0 Å². The van der Waals surface area contributed by atoms with Gasteiger partial charge in [0.1, 0.15) is 24.5 Å². The number of carbonyl (C=O) groups excluding carboxylic acids is 2. The predicted octanol–water partition coefficient (Wildman–Crippen LogP) is -1.10. The van der Waals surface area contributed by atoms with Crippen LogP contribution in [0.4, 0.5) is 5.13 Å². The van der Waals surface area contributed by atoms with Crippen LogP contribution in [0.1, 0.15) is 25.1 Å². The lowest BCUT2D eigenvalue weighted by atomic mass is 9.98. The standard InChI is InChI=1S/C22H25N9O8S2/c1-11-7-29(4)6-5-12(11)13-8-30(28-26-13)9-15-17(19(33)31(15)41(36,37)38)25-18(32)16(14-10-40-21(23)24-14)27-39-22(2,3)20(34)35/h5-8,10,15,17H,9H2,1-4H3,(H4-,23,24,25,32,34,35,36,37,38)/p+1/b27-16+/t15-,17+/m1/s1. The van der Waals surface area contributed by atoms with E-state index in [-0.39, 0.29) is 21.7 Å². The molecule has 3 aromatic heterocycles. The SMILES string of the molecule is Cc1c[n+](C)ccc1-c1cn(C[C@@H]2[C@H](NC(=O)/C(=N/OC(C)(C)C(=O)O)c3csc(N)n3)C(=O)N2S(=O)(=O)O)nn1. The number of aromatic nitrogens is 5. The Morgan fingerprint density at radius 2 is 2.07 bits per heavy atom.